The minimum absolute atomic E-state index is 0.133. The van der Waals surface area contributed by atoms with Gasteiger partial charge in [0, 0.05) is 0 Å². The van der Waals surface area contributed by atoms with Gasteiger partial charge in [-0.25, -0.2) is 0 Å². The van der Waals surface area contributed by atoms with E-state index in [1.165, 1.54) is 25.6 Å². The Bertz CT molecular complexity index is 448. The van der Waals surface area contributed by atoms with E-state index >= 15 is 0 Å². The molecule has 74 valence electrons. The van der Waals surface area contributed by atoms with E-state index in [2.05, 4.69) is 10.2 Å². The molecule has 0 aliphatic heterocycles. The Hall–Kier alpha value is -0.892. The predicted octanol–water partition coefficient (Wildman–Crippen LogP) is 0.606. The van der Waals surface area contributed by atoms with Crippen LogP contribution in [-0.2, 0) is 19.4 Å². The van der Waals surface area contributed by atoms with Crippen LogP contribution in [0.2, 0.25) is 0 Å². The van der Waals surface area contributed by atoms with Gasteiger partial charge in [0.05, 0.1) is 0 Å². The number of nitrogens with zero attached hydrogens (tertiary/aromatic N) is 3. The summed E-state index contributed by atoms with van der Waals surface area (Å²) in [6, 6.07) is 0. The normalized spacial score (nSPS) is 11.5. The Morgan fingerprint density at radius 1 is 1.57 bits per heavy atom. The van der Waals surface area contributed by atoms with Crippen LogP contribution in [0.15, 0.2) is 17.1 Å². The van der Waals surface area contributed by atoms with Gasteiger partial charge in [-0.3, -0.25) is 0 Å². The first-order valence-electron chi connectivity index (χ1n) is 4.17. The van der Waals surface area contributed by atoms with Gasteiger partial charge in [0.1, 0.15) is 0 Å². The molecule has 0 unspecified atom stereocenters. The molecular weight excluding hydrogens is 350 g/mol. The third kappa shape index (κ3) is 2.13. The van der Waals surface area contributed by atoms with Gasteiger partial charge in [0.15, 0.2) is 0 Å². The summed E-state index contributed by atoms with van der Waals surface area (Å²) >= 11 is 1.29. The molecule has 0 saturated carbocycles. The standard InChI is InChI=1S/C9H11N3O.W/c1-4-7(3)12-8(5-2)11-10-6-9(12)13;/h4,6H,1-3H3;. The van der Waals surface area contributed by atoms with Crippen molar-refractivity contribution in [3.05, 3.63) is 28.5 Å². The van der Waals surface area contributed by atoms with Crippen molar-refractivity contribution in [1.29, 1.82) is 0 Å². The van der Waals surface area contributed by atoms with Gasteiger partial charge >= 0.3 is 92.9 Å². The first kappa shape index (κ1) is 11.2. The zero-order valence-electron chi connectivity index (χ0n) is 8.31. The second-order valence-corrected chi connectivity index (χ2v) is 5.03. The van der Waals surface area contributed by atoms with Crippen LogP contribution in [0.5, 0.6) is 0 Å². The molecule has 4 nitrogen and oxygen atoms in total. The Balaban J connectivity index is 3.53. The van der Waals surface area contributed by atoms with Gasteiger partial charge in [0.25, 0.3) is 0 Å². The SMILES string of the molecule is CC=C(C)n1c([C](C)=[W])nncc1=O. The number of allylic oxidation sites excluding steroid dienone is 2. The van der Waals surface area contributed by atoms with E-state index in [1.807, 2.05) is 26.8 Å². The molecule has 0 amide bonds. The van der Waals surface area contributed by atoms with E-state index in [0.29, 0.717) is 5.82 Å². The van der Waals surface area contributed by atoms with Crippen LogP contribution in [0.4, 0.5) is 0 Å². The second-order valence-electron chi connectivity index (χ2n) is 2.83. The van der Waals surface area contributed by atoms with Crippen LogP contribution in [0.25, 0.3) is 5.70 Å². The summed E-state index contributed by atoms with van der Waals surface area (Å²) in [5.41, 5.74) is 0.742. The monoisotopic (exact) mass is 361 g/mol. The average Bonchev–Trinajstić information content (AvgIpc) is 2.16. The van der Waals surface area contributed by atoms with E-state index in [4.69, 9.17) is 0 Å². The van der Waals surface area contributed by atoms with Crippen molar-refractivity contribution in [3.63, 3.8) is 0 Å². The molecule has 0 radical (unpaired) electrons. The summed E-state index contributed by atoms with van der Waals surface area (Å²) in [6.07, 6.45) is 3.11. The van der Waals surface area contributed by atoms with Gasteiger partial charge in [-0.2, -0.15) is 0 Å². The van der Waals surface area contributed by atoms with Crippen LogP contribution in [-0.4, -0.2) is 18.7 Å². The zero-order valence-corrected chi connectivity index (χ0v) is 11.2. The Morgan fingerprint density at radius 2 is 2.21 bits per heavy atom. The molecule has 0 N–H and O–H groups in total. The molecule has 0 spiro atoms. The summed E-state index contributed by atoms with van der Waals surface area (Å²) in [6.45, 7) is 5.72. The molecule has 0 aliphatic carbocycles. The Labute approximate surface area is 93.1 Å². The molecule has 0 aliphatic rings. The van der Waals surface area contributed by atoms with Crippen LogP contribution < -0.4 is 5.56 Å². The average molecular weight is 361 g/mol. The van der Waals surface area contributed by atoms with Gasteiger partial charge in [-0.1, -0.05) is 0 Å². The molecule has 0 bridgehead atoms. The van der Waals surface area contributed by atoms with Gasteiger partial charge in [-0.05, 0) is 0 Å². The zero-order chi connectivity index (χ0) is 10.7. The van der Waals surface area contributed by atoms with Crippen molar-refractivity contribution in [2.45, 2.75) is 20.8 Å². The fourth-order valence-electron chi connectivity index (χ4n) is 1.04. The molecule has 1 aromatic heterocycles. The van der Waals surface area contributed by atoms with Crippen molar-refractivity contribution >= 4 is 9.59 Å². The molecule has 0 aromatic carbocycles. The number of rotatable bonds is 2. The fraction of sp³-hybridized carbons (Fsp3) is 0.333. The number of hydrogen-bond donors (Lipinski definition) is 0. The van der Waals surface area contributed by atoms with Crippen molar-refractivity contribution in [3.8, 4) is 0 Å². The van der Waals surface area contributed by atoms with E-state index in [-0.39, 0.29) is 5.56 Å². The third-order valence-corrected chi connectivity index (χ3v) is 2.49. The van der Waals surface area contributed by atoms with Crippen LogP contribution in [0.3, 0.4) is 0 Å². The Morgan fingerprint density at radius 3 is 2.71 bits per heavy atom. The van der Waals surface area contributed by atoms with Crippen molar-refractivity contribution in [2.24, 2.45) is 0 Å². The summed E-state index contributed by atoms with van der Waals surface area (Å²) in [5, 5.41) is 7.63. The van der Waals surface area contributed by atoms with Crippen LogP contribution in [0.1, 0.15) is 26.6 Å². The predicted molar refractivity (Wildman–Crippen MR) is 51.7 cm³/mol. The molecule has 0 fully saturated rings. The van der Waals surface area contributed by atoms with Gasteiger partial charge in [-0.15, -0.1) is 0 Å². The summed E-state index contributed by atoms with van der Waals surface area (Å²) in [5.74, 6) is 0.656. The maximum absolute atomic E-state index is 11.6. The second kappa shape index (κ2) is 4.56. The maximum atomic E-state index is 11.6. The van der Waals surface area contributed by atoms with Gasteiger partial charge < -0.3 is 0 Å². The topological polar surface area (TPSA) is 47.8 Å². The molecule has 0 saturated heterocycles. The Kier molecular flexibility index (Phi) is 3.64. The minimum atomic E-state index is -0.133. The van der Waals surface area contributed by atoms with Crippen molar-refractivity contribution in [1.82, 2.24) is 14.8 Å². The fourth-order valence-corrected chi connectivity index (χ4v) is 1.51. The van der Waals surface area contributed by atoms with E-state index in [0.717, 1.165) is 9.59 Å². The first-order chi connectivity index (χ1) is 6.57. The van der Waals surface area contributed by atoms with Crippen LogP contribution in [0, 0.1) is 0 Å². The molecule has 1 rings (SSSR count). The van der Waals surface area contributed by atoms with Crippen molar-refractivity contribution < 1.29 is 19.4 Å². The van der Waals surface area contributed by atoms with Gasteiger partial charge in [0.2, 0.25) is 0 Å². The quantitative estimate of drug-likeness (QED) is 0.776. The van der Waals surface area contributed by atoms with E-state index in [1.54, 1.807) is 4.57 Å². The van der Waals surface area contributed by atoms with E-state index in [9.17, 15) is 4.79 Å². The molecule has 14 heavy (non-hydrogen) atoms. The molecular formula is C9H11N3OW. The van der Waals surface area contributed by atoms with E-state index < -0.39 is 0 Å². The third-order valence-electron chi connectivity index (χ3n) is 1.84. The van der Waals surface area contributed by atoms with Crippen molar-refractivity contribution in [2.75, 3.05) is 0 Å². The van der Waals surface area contributed by atoms with Crippen LogP contribution >= 0.6 is 0 Å². The molecule has 1 heterocycles. The molecule has 5 heteroatoms. The summed E-state index contributed by atoms with van der Waals surface area (Å²) in [7, 11) is 0. The molecule has 0 atom stereocenters. The summed E-state index contributed by atoms with van der Waals surface area (Å²) < 4.78 is 2.63. The number of aromatic nitrogens is 3. The first-order valence-corrected chi connectivity index (χ1v) is 5.63. The summed E-state index contributed by atoms with van der Waals surface area (Å²) in [4.78, 5) is 11.6. The number of hydrogen-bond acceptors (Lipinski definition) is 3. The molecule has 1 aromatic rings.